The zero-order valence-corrected chi connectivity index (χ0v) is 29.1. The van der Waals surface area contributed by atoms with E-state index in [1.165, 1.54) is 6.42 Å². The summed E-state index contributed by atoms with van der Waals surface area (Å²) in [6.45, 7) is 3.22. The van der Waals surface area contributed by atoms with E-state index in [9.17, 15) is 24.2 Å². The number of hydrogen-bond acceptors (Lipinski definition) is 7. The molecule has 262 valence electrons. The van der Waals surface area contributed by atoms with Crippen LogP contribution in [0, 0.1) is 0 Å². The average molecular weight is 666 g/mol. The van der Waals surface area contributed by atoms with Gasteiger partial charge in [-0.25, -0.2) is 4.57 Å². The van der Waals surface area contributed by atoms with Crippen LogP contribution in [-0.2, 0) is 27.9 Å². The molecule has 2 unspecified atom stereocenters. The molecule has 0 saturated heterocycles. The highest BCUT2D eigenvalue weighted by molar-refractivity contribution is 7.47. The van der Waals surface area contributed by atoms with Crippen LogP contribution in [0.3, 0.4) is 0 Å². The van der Waals surface area contributed by atoms with Crippen molar-refractivity contribution in [2.75, 3.05) is 26.4 Å². The van der Waals surface area contributed by atoms with Gasteiger partial charge >= 0.3 is 13.8 Å². The van der Waals surface area contributed by atoms with Crippen molar-refractivity contribution in [2.24, 2.45) is 0 Å². The summed E-state index contributed by atoms with van der Waals surface area (Å²) in [4.78, 5) is 33.4. The zero-order valence-electron chi connectivity index (χ0n) is 28.2. The molecule has 0 heterocycles. The van der Waals surface area contributed by atoms with Crippen molar-refractivity contribution in [1.82, 2.24) is 5.32 Å². The van der Waals surface area contributed by atoms with Gasteiger partial charge in [0, 0.05) is 19.4 Å². The summed E-state index contributed by atoms with van der Waals surface area (Å²) in [5, 5.41) is 12.5. The number of hydrogen-bond donors (Lipinski definition) is 3. The molecule has 1 amide bonds. The van der Waals surface area contributed by atoms with E-state index in [0.29, 0.717) is 12.8 Å². The highest BCUT2D eigenvalue weighted by Gasteiger charge is 2.23. The van der Waals surface area contributed by atoms with E-state index in [4.69, 9.17) is 13.8 Å². The molecule has 0 aliphatic heterocycles. The largest absolute Gasteiger partial charge is 0.472 e. The van der Waals surface area contributed by atoms with Gasteiger partial charge in [0.25, 0.3) is 0 Å². The molecule has 0 aliphatic carbocycles. The van der Waals surface area contributed by atoms with Gasteiger partial charge in [-0.2, -0.15) is 0 Å². The molecule has 0 aromatic carbocycles. The molecule has 0 bridgehead atoms. The maximum atomic E-state index is 12.0. The Morgan fingerprint density at radius 2 is 1.22 bits per heavy atom. The summed E-state index contributed by atoms with van der Waals surface area (Å²) in [7, 11) is -4.42. The number of phosphoric acid groups is 1. The Balaban J connectivity index is 3.79. The zero-order chi connectivity index (χ0) is 34.0. The smallest absolute Gasteiger partial charge is 0.463 e. The van der Waals surface area contributed by atoms with Gasteiger partial charge in [0.05, 0.1) is 13.2 Å². The van der Waals surface area contributed by atoms with Crippen molar-refractivity contribution in [2.45, 2.75) is 116 Å². The Morgan fingerprint density at radius 3 is 1.78 bits per heavy atom. The summed E-state index contributed by atoms with van der Waals surface area (Å²) in [6, 6.07) is 0. The van der Waals surface area contributed by atoms with Gasteiger partial charge in [0.15, 0.2) is 0 Å². The van der Waals surface area contributed by atoms with Crippen LogP contribution >= 0.6 is 7.82 Å². The van der Waals surface area contributed by atoms with E-state index >= 15 is 0 Å². The molecule has 0 aromatic heterocycles. The molecule has 9 nitrogen and oxygen atoms in total. The Bertz CT molecular complexity index is 986. The van der Waals surface area contributed by atoms with Gasteiger partial charge in [-0.1, -0.05) is 119 Å². The molecule has 0 radical (unpaired) electrons. The predicted octanol–water partition coefficient (Wildman–Crippen LogP) is 8.37. The van der Waals surface area contributed by atoms with Gasteiger partial charge < -0.3 is 20.1 Å². The molecule has 0 rings (SSSR count). The Kier molecular flexibility index (Phi) is 30.6. The first-order chi connectivity index (χ1) is 22.3. The van der Waals surface area contributed by atoms with Gasteiger partial charge in [0.1, 0.15) is 12.7 Å². The second-order valence-corrected chi connectivity index (χ2v) is 12.2. The van der Waals surface area contributed by atoms with Crippen LogP contribution in [-0.4, -0.2) is 54.3 Å². The van der Waals surface area contributed by atoms with E-state index in [-0.39, 0.29) is 32.1 Å². The number of phosphoric ester groups is 1. The highest BCUT2D eigenvalue weighted by Crippen LogP contribution is 2.42. The van der Waals surface area contributed by atoms with Crippen LogP contribution in [0.2, 0.25) is 0 Å². The third-order valence-electron chi connectivity index (χ3n) is 6.41. The van der Waals surface area contributed by atoms with E-state index in [0.717, 1.165) is 70.6 Å². The maximum Gasteiger partial charge on any atom is 0.472 e. The molecule has 3 N–H and O–H groups in total. The summed E-state index contributed by atoms with van der Waals surface area (Å²) in [6.07, 6.45) is 37.4. The molecule has 0 aliphatic rings. The molecule has 0 aromatic rings. The van der Waals surface area contributed by atoms with Crippen molar-refractivity contribution >= 4 is 19.7 Å². The number of aliphatic hydroxyl groups excluding tert-OH is 1. The topological polar surface area (TPSA) is 131 Å². The van der Waals surface area contributed by atoms with Crippen molar-refractivity contribution in [3.63, 3.8) is 0 Å². The van der Waals surface area contributed by atoms with Crippen LogP contribution in [0.5, 0.6) is 0 Å². The molecule has 2 atom stereocenters. The molecule has 0 spiro atoms. The van der Waals surface area contributed by atoms with Crippen molar-refractivity contribution in [3.8, 4) is 0 Å². The third-order valence-corrected chi connectivity index (χ3v) is 7.40. The standard InChI is InChI=1S/C36H60NO8P/c1-3-5-7-9-11-12-13-14-15-16-17-18-19-20-21-22-23-24-26-28-35(39)37-30-31-44-46(41,42)45-33-34(38)32-43-36(40)29-27-25-10-8-6-4-2/h5,7,11-12,14-15,17-18,20-21,23-24,34,38H,3-4,6,8-10,13,16,19,22,25-33H2,1-2H3,(H,37,39)(H,41,42)/b7-5-,12-11-,15-14-,18-17-,21-20-,24-23-. The van der Waals surface area contributed by atoms with Crippen LogP contribution in [0.15, 0.2) is 72.9 Å². The van der Waals surface area contributed by atoms with Crippen LogP contribution < -0.4 is 5.32 Å². The van der Waals surface area contributed by atoms with Gasteiger partial charge in [-0.3, -0.25) is 18.6 Å². The van der Waals surface area contributed by atoms with Gasteiger partial charge in [0.2, 0.25) is 5.91 Å². The first kappa shape index (κ1) is 43.5. The summed E-state index contributed by atoms with van der Waals surface area (Å²) in [5.74, 6) is -0.621. The van der Waals surface area contributed by atoms with Crippen molar-refractivity contribution in [3.05, 3.63) is 72.9 Å². The molecular weight excluding hydrogens is 605 g/mol. The first-order valence-electron chi connectivity index (χ1n) is 16.9. The molecular formula is C36H60NO8P. The minimum atomic E-state index is -4.42. The van der Waals surface area contributed by atoms with Gasteiger partial charge in [-0.15, -0.1) is 0 Å². The lowest BCUT2D eigenvalue weighted by molar-refractivity contribution is -0.147. The fourth-order valence-corrected chi connectivity index (χ4v) is 4.63. The predicted molar refractivity (Wildman–Crippen MR) is 187 cm³/mol. The molecule has 0 saturated carbocycles. The number of aliphatic hydroxyl groups is 1. The number of amides is 1. The number of esters is 1. The minimum Gasteiger partial charge on any atom is -0.463 e. The fraction of sp³-hybridized carbons (Fsp3) is 0.611. The summed E-state index contributed by atoms with van der Waals surface area (Å²) in [5.41, 5.74) is 0. The Labute approximate surface area is 278 Å². The van der Waals surface area contributed by atoms with Gasteiger partial charge in [-0.05, 0) is 51.4 Å². The van der Waals surface area contributed by atoms with Crippen molar-refractivity contribution in [1.29, 1.82) is 0 Å². The van der Waals surface area contributed by atoms with Crippen LogP contribution in [0.1, 0.15) is 110 Å². The Hall–Kier alpha value is -2.55. The number of unbranched alkanes of at least 4 members (excludes halogenated alkanes) is 5. The molecule has 10 heteroatoms. The van der Waals surface area contributed by atoms with Crippen LogP contribution in [0.25, 0.3) is 0 Å². The lowest BCUT2D eigenvalue weighted by atomic mass is 10.1. The lowest BCUT2D eigenvalue weighted by Crippen LogP contribution is -2.27. The minimum absolute atomic E-state index is 0.0368. The normalized spacial score (nSPS) is 14.4. The second kappa shape index (κ2) is 32.4. The monoisotopic (exact) mass is 665 g/mol. The first-order valence-corrected chi connectivity index (χ1v) is 18.4. The quantitative estimate of drug-likeness (QED) is 0.0302. The van der Waals surface area contributed by atoms with Crippen LogP contribution in [0.4, 0.5) is 0 Å². The number of rotatable bonds is 30. The Morgan fingerprint density at radius 1 is 0.696 bits per heavy atom. The summed E-state index contributed by atoms with van der Waals surface area (Å²) < 4.78 is 26.5. The average Bonchev–Trinajstić information content (AvgIpc) is 3.04. The third kappa shape index (κ3) is 32.8. The fourth-order valence-electron chi connectivity index (χ4n) is 3.87. The highest BCUT2D eigenvalue weighted by atomic mass is 31.2. The number of carbonyl (C=O) groups is 2. The maximum absolute atomic E-state index is 12.0. The molecule has 0 fully saturated rings. The van der Waals surface area contributed by atoms with Crippen molar-refractivity contribution < 1.29 is 37.9 Å². The summed E-state index contributed by atoms with van der Waals surface area (Å²) >= 11 is 0. The van der Waals surface area contributed by atoms with E-state index in [2.05, 4.69) is 79.9 Å². The molecule has 46 heavy (non-hydrogen) atoms. The number of ether oxygens (including phenoxy) is 1. The van der Waals surface area contributed by atoms with E-state index in [1.807, 2.05) is 12.2 Å². The SMILES string of the molecule is CC/C=C\C/C=C\C/C=C\C/C=C\C/C=C\C/C=C\CCC(=O)NCCOP(=O)(O)OCC(O)COC(=O)CCCCCCCC. The lowest BCUT2D eigenvalue weighted by Gasteiger charge is -2.15. The second-order valence-electron chi connectivity index (χ2n) is 10.8. The number of carbonyl (C=O) groups excluding carboxylic acids is 2. The van der Waals surface area contributed by atoms with E-state index < -0.39 is 26.5 Å². The number of nitrogens with one attached hydrogen (secondary N) is 1. The van der Waals surface area contributed by atoms with E-state index in [1.54, 1.807) is 0 Å². The number of allylic oxidation sites excluding steroid dienone is 12.